The van der Waals surface area contributed by atoms with Gasteiger partial charge in [-0.3, -0.25) is 4.79 Å². The van der Waals surface area contributed by atoms with Crippen LogP contribution in [-0.4, -0.2) is 31.0 Å². The van der Waals surface area contributed by atoms with E-state index in [0.29, 0.717) is 34.2 Å². The highest BCUT2D eigenvalue weighted by molar-refractivity contribution is 9.10. The van der Waals surface area contributed by atoms with E-state index in [4.69, 9.17) is 20.8 Å². The molecule has 0 fully saturated rings. The molecule has 6 heteroatoms. The molecule has 2 aromatic rings. The maximum absolute atomic E-state index is 12.1. The Kier molecular flexibility index (Phi) is 5.09. The lowest BCUT2D eigenvalue weighted by molar-refractivity contribution is 0.0772. The van der Waals surface area contributed by atoms with E-state index in [1.54, 1.807) is 30.1 Å². The molecule has 2 rings (SSSR count). The van der Waals surface area contributed by atoms with Gasteiger partial charge >= 0.3 is 0 Å². The Balaban J connectivity index is 1.87. The molecule has 0 aliphatic carbocycles. The summed E-state index contributed by atoms with van der Waals surface area (Å²) in [5.41, 5.74) is 0.491. The fraction of sp³-hybridized carbons (Fsp3) is 0.214. The summed E-state index contributed by atoms with van der Waals surface area (Å²) in [6, 6.07) is 8.85. The van der Waals surface area contributed by atoms with Gasteiger partial charge in [-0.1, -0.05) is 23.7 Å². The Labute approximate surface area is 130 Å². The second kappa shape index (κ2) is 6.81. The van der Waals surface area contributed by atoms with Gasteiger partial charge in [-0.25, -0.2) is 0 Å². The maximum atomic E-state index is 12.1. The number of rotatable bonds is 5. The van der Waals surface area contributed by atoms with E-state index in [2.05, 4.69) is 15.9 Å². The van der Waals surface area contributed by atoms with Gasteiger partial charge in [-0.05, 0) is 34.1 Å². The normalized spacial score (nSPS) is 10.3. The van der Waals surface area contributed by atoms with E-state index >= 15 is 0 Å². The van der Waals surface area contributed by atoms with E-state index in [1.807, 2.05) is 12.1 Å². The van der Waals surface area contributed by atoms with E-state index in [-0.39, 0.29) is 5.91 Å². The topological polar surface area (TPSA) is 42.7 Å². The number of ether oxygens (including phenoxy) is 1. The minimum atomic E-state index is -0.131. The zero-order chi connectivity index (χ0) is 14.5. The first kappa shape index (κ1) is 14.9. The first-order valence-electron chi connectivity index (χ1n) is 5.95. The lowest BCUT2D eigenvalue weighted by Crippen LogP contribution is -2.30. The van der Waals surface area contributed by atoms with Crippen molar-refractivity contribution in [2.24, 2.45) is 0 Å². The summed E-state index contributed by atoms with van der Waals surface area (Å²) in [6.45, 7) is 0.809. The molecule has 0 aliphatic rings. The highest BCUT2D eigenvalue weighted by atomic mass is 79.9. The minimum Gasteiger partial charge on any atom is -0.490 e. The molecule has 0 aliphatic heterocycles. The number of benzene rings is 1. The third kappa shape index (κ3) is 3.55. The van der Waals surface area contributed by atoms with Crippen LogP contribution in [-0.2, 0) is 0 Å². The average Bonchev–Trinajstić information content (AvgIpc) is 2.86. The molecule has 0 saturated heterocycles. The fourth-order valence-corrected chi connectivity index (χ4v) is 2.21. The maximum Gasteiger partial charge on any atom is 0.258 e. The van der Waals surface area contributed by atoms with Crippen LogP contribution in [0.3, 0.4) is 0 Å². The van der Waals surface area contributed by atoms with Crippen molar-refractivity contribution in [3.63, 3.8) is 0 Å². The van der Waals surface area contributed by atoms with Crippen LogP contribution < -0.4 is 4.74 Å². The predicted octanol–water partition coefficient (Wildman–Crippen LogP) is 3.85. The summed E-state index contributed by atoms with van der Waals surface area (Å²) in [5.74, 6) is 0.480. The van der Waals surface area contributed by atoms with Crippen LogP contribution in [0.1, 0.15) is 10.4 Å². The molecular formula is C14H13BrClNO3. The Hall–Kier alpha value is -1.46. The molecule has 20 heavy (non-hydrogen) atoms. The molecule has 106 valence electrons. The van der Waals surface area contributed by atoms with E-state index in [0.717, 1.165) is 0 Å². The molecular weight excluding hydrogens is 346 g/mol. The second-order valence-electron chi connectivity index (χ2n) is 4.11. The Morgan fingerprint density at radius 1 is 1.40 bits per heavy atom. The molecule has 1 aromatic heterocycles. The summed E-state index contributed by atoms with van der Waals surface area (Å²) in [6.07, 6.45) is 1.46. The van der Waals surface area contributed by atoms with Crippen molar-refractivity contribution in [2.75, 3.05) is 20.2 Å². The van der Waals surface area contributed by atoms with Gasteiger partial charge in [-0.2, -0.15) is 0 Å². The van der Waals surface area contributed by atoms with Crippen LogP contribution in [0.2, 0.25) is 5.02 Å². The molecule has 0 bridgehead atoms. The monoisotopic (exact) mass is 357 g/mol. The zero-order valence-electron chi connectivity index (χ0n) is 10.8. The Morgan fingerprint density at radius 3 is 2.80 bits per heavy atom. The quantitative estimate of drug-likeness (QED) is 0.815. The summed E-state index contributed by atoms with van der Waals surface area (Å²) in [5, 5.41) is 0.555. The van der Waals surface area contributed by atoms with Crippen molar-refractivity contribution >= 4 is 33.4 Å². The summed E-state index contributed by atoms with van der Waals surface area (Å²) in [4.78, 5) is 13.7. The number of furan rings is 1. The van der Waals surface area contributed by atoms with Gasteiger partial charge in [0, 0.05) is 7.05 Å². The molecule has 1 aromatic carbocycles. The predicted molar refractivity (Wildman–Crippen MR) is 80.3 cm³/mol. The average molecular weight is 359 g/mol. The number of hydrogen-bond acceptors (Lipinski definition) is 3. The van der Waals surface area contributed by atoms with Crippen molar-refractivity contribution in [1.82, 2.24) is 4.90 Å². The van der Waals surface area contributed by atoms with Gasteiger partial charge < -0.3 is 14.1 Å². The van der Waals surface area contributed by atoms with Crippen LogP contribution in [0.5, 0.6) is 5.75 Å². The number of halogens is 2. The highest BCUT2D eigenvalue weighted by Gasteiger charge is 2.16. The van der Waals surface area contributed by atoms with Crippen LogP contribution in [0.4, 0.5) is 0 Å². The zero-order valence-corrected chi connectivity index (χ0v) is 13.1. The van der Waals surface area contributed by atoms with Gasteiger partial charge in [0.25, 0.3) is 5.91 Å². The largest absolute Gasteiger partial charge is 0.490 e. The number of hydrogen-bond donors (Lipinski definition) is 0. The molecule has 0 spiro atoms. The first-order chi connectivity index (χ1) is 9.59. The summed E-state index contributed by atoms with van der Waals surface area (Å²) in [7, 11) is 1.71. The molecule has 4 nitrogen and oxygen atoms in total. The van der Waals surface area contributed by atoms with Crippen molar-refractivity contribution in [3.8, 4) is 5.75 Å². The minimum absolute atomic E-state index is 0.131. The van der Waals surface area contributed by atoms with Crippen LogP contribution >= 0.6 is 27.5 Å². The van der Waals surface area contributed by atoms with Gasteiger partial charge in [0.1, 0.15) is 12.4 Å². The SMILES string of the molecule is CN(CCOc1ccccc1Cl)C(=O)c1ccoc1Br. The first-order valence-corrected chi connectivity index (χ1v) is 7.12. The molecule has 0 radical (unpaired) electrons. The van der Waals surface area contributed by atoms with Crippen molar-refractivity contribution in [2.45, 2.75) is 0 Å². The van der Waals surface area contributed by atoms with E-state index in [1.165, 1.54) is 6.26 Å². The summed E-state index contributed by atoms with van der Waals surface area (Å²) >= 11 is 9.17. The lowest BCUT2D eigenvalue weighted by atomic mass is 10.3. The van der Waals surface area contributed by atoms with Crippen LogP contribution in [0.15, 0.2) is 45.7 Å². The highest BCUT2D eigenvalue weighted by Crippen LogP contribution is 2.23. The number of amides is 1. The Bertz CT molecular complexity index is 600. The fourth-order valence-electron chi connectivity index (χ4n) is 1.61. The lowest BCUT2D eigenvalue weighted by Gasteiger charge is -2.17. The molecule has 0 saturated carbocycles. The van der Waals surface area contributed by atoms with Crippen molar-refractivity contribution in [1.29, 1.82) is 0 Å². The third-order valence-electron chi connectivity index (χ3n) is 2.72. The van der Waals surface area contributed by atoms with Gasteiger partial charge in [0.05, 0.1) is 23.4 Å². The number of carbonyl (C=O) groups is 1. The molecule has 0 N–H and O–H groups in total. The van der Waals surface area contributed by atoms with Gasteiger partial charge in [0.15, 0.2) is 4.67 Å². The van der Waals surface area contributed by atoms with Crippen molar-refractivity contribution in [3.05, 3.63) is 51.9 Å². The standard InChI is InChI=1S/C14H13BrClNO3/c1-17(14(18)10-6-8-20-13(10)15)7-9-19-12-5-3-2-4-11(12)16/h2-6,8H,7,9H2,1H3. The second-order valence-corrected chi connectivity index (χ2v) is 5.24. The van der Waals surface area contributed by atoms with E-state index in [9.17, 15) is 4.79 Å². The molecule has 1 amide bonds. The molecule has 1 heterocycles. The molecule has 0 unspecified atom stereocenters. The number of nitrogens with zero attached hydrogens (tertiary/aromatic N) is 1. The van der Waals surface area contributed by atoms with E-state index < -0.39 is 0 Å². The number of carbonyl (C=O) groups excluding carboxylic acids is 1. The number of likely N-dealkylation sites (N-methyl/N-ethyl adjacent to an activating group) is 1. The third-order valence-corrected chi connectivity index (χ3v) is 3.64. The van der Waals surface area contributed by atoms with Gasteiger partial charge in [-0.15, -0.1) is 0 Å². The summed E-state index contributed by atoms with van der Waals surface area (Å²) < 4.78 is 11.0. The smallest absolute Gasteiger partial charge is 0.258 e. The Morgan fingerprint density at radius 2 is 2.15 bits per heavy atom. The van der Waals surface area contributed by atoms with Crippen LogP contribution in [0.25, 0.3) is 0 Å². The number of para-hydroxylation sites is 1. The van der Waals surface area contributed by atoms with Crippen LogP contribution in [0, 0.1) is 0 Å². The van der Waals surface area contributed by atoms with Gasteiger partial charge in [0.2, 0.25) is 0 Å². The van der Waals surface area contributed by atoms with Crippen molar-refractivity contribution < 1.29 is 13.9 Å². The molecule has 0 atom stereocenters.